The summed E-state index contributed by atoms with van der Waals surface area (Å²) in [5, 5.41) is 9.14. The van der Waals surface area contributed by atoms with Gasteiger partial charge in [0.15, 0.2) is 0 Å². The monoisotopic (exact) mass is 982 g/mol. The fraction of sp³-hybridized carbons (Fsp3) is 0.0811. The first-order valence-corrected chi connectivity index (χ1v) is 26.9. The summed E-state index contributed by atoms with van der Waals surface area (Å²) in [4.78, 5) is 11.1. The SMILES string of the molecule is CC1(C)c2ccccc2-c2ccc(-c3ccc4c5ccc(-c6ccc7c(c6)C(C)(C)c6ccccc6-7)cc5c5nc(-c6cccc(-c7cccc(-c8cccc9c8oc8cc%10ccccc%10cc89)c7)c6)cnc5c4c3)cc21. The Morgan fingerprint density at radius 1 is 0.312 bits per heavy atom. The van der Waals surface area contributed by atoms with Gasteiger partial charge in [-0.1, -0.05) is 204 Å². The summed E-state index contributed by atoms with van der Waals surface area (Å²) in [6.45, 7) is 9.41. The van der Waals surface area contributed by atoms with Crippen LogP contribution in [0.2, 0.25) is 0 Å². The predicted octanol–water partition coefficient (Wildman–Crippen LogP) is 19.9. The number of benzene rings is 12. The van der Waals surface area contributed by atoms with E-state index in [0.717, 1.165) is 99.2 Å². The molecule has 77 heavy (non-hydrogen) atoms. The lowest BCUT2D eigenvalue weighted by Crippen LogP contribution is -2.14. The van der Waals surface area contributed by atoms with Crippen LogP contribution in [0.25, 0.3) is 143 Å². The molecule has 0 spiro atoms. The molecule has 2 heterocycles. The summed E-state index contributed by atoms with van der Waals surface area (Å²) < 4.78 is 6.68. The molecule has 362 valence electrons. The third-order valence-electron chi connectivity index (χ3n) is 17.5. The fourth-order valence-corrected chi connectivity index (χ4v) is 13.4. The molecule has 2 aromatic heterocycles. The summed E-state index contributed by atoms with van der Waals surface area (Å²) in [5.41, 5.74) is 25.1. The standard InChI is InChI=1S/C74H50N2O/c1-73(2)64-24-9-7-20-56(64)58-32-28-49(39-66(58)73)47-26-30-54-55-31-27-48(50-29-33-59-57-21-8-10-25-65(57)74(3,4)67(59)40-50)38-63(55)71-70(62(54)37-47)75-42-68(76-71)52-19-12-17-44(35-52)43-16-11-18-51(34-43)53-22-13-23-60-61-36-45-14-5-6-15-46(45)41-69(61)77-72(53)60/h5-42H,1-4H3. The van der Waals surface area contributed by atoms with Gasteiger partial charge in [0.1, 0.15) is 11.2 Å². The van der Waals surface area contributed by atoms with Crippen molar-refractivity contribution in [2.24, 2.45) is 0 Å². The number of hydrogen-bond acceptors (Lipinski definition) is 3. The van der Waals surface area contributed by atoms with Gasteiger partial charge >= 0.3 is 0 Å². The van der Waals surface area contributed by atoms with Gasteiger partial charge in [0, 0.05) is 43.5 Å². The van der Waals surface area contributed by atoms with Gasteiger partial charge in [-0.3, -0.25) is 4.98 Å². The number of aromatic nitrogens is 2. The molecule has 3 heteroatoms. The van der Waals surface area contributed by atoms with E-state index in [2.05, 4.69) is 252 Å². The van der Waals surface area contributed by atoms with Crippen molar-refractivity contribution >= 4 is 65.3 Å². The largest absolute Gasteiger partial charge is 0.455 e. The van der Waals surface area contributed by atoms with Gasteiger partial charge in [-0.2, -0.15) is 0 Å². The third-order valence-corrected chi connectivity index (χ3v) is 17.5. The van der Waals surface area contributed by atoms with Crippen molar-refractivity contribution in [2.45, 2.75) is 38.5 Å². The third kappa shape index (κ3) is 6.50. The van der Waals surface area contributed by atoms with Crippen LogP contribution in [0, 0.1) is 0 Å². The van der Waals surface area contributed by atoms with Crippen LogP contribution in [0.5, 0.6) is 0 Å². The number of rotatable bonds is 5. The molecule has 16 rings (SSSR count). The van der Waals surface area contributed by atoms with E-state index in [0.29, 0.717) is 0 Å². The molecule has 0 unspecified atom stereocenters. The maximum atomic E-state index is 6.68. The molecular weight excluding hydrogens is 933 g/mol. The molecule has 0 atom stereocenters. The lowest BCUT2D eigenvalue weighted by atomic mass is 9.81. The Bertz CT molecular complexity index is 4880. The molecule has 0 radical (unpaired) electrons. The van der Waals surface area contributed by atoms with Crippen LogP contribution in [0.3, 0.4) is 0 Å². The van der Waals surface area contributed by atoms with Gasteiger partial charge in [-0.15, -0.1) is 0 Å². The topological polar surface area (TPSA) is 38.9 Å². The van der Waals surface area contributed by atoms with Gasteiger partial charge in [-0.25, -0.2) is 4.98 Å². The Hall–Kier alpha value is -9.44. The summed E-state index contributed by atoms with van der Waals surface area (Å²) in [6, 6.07) is 82.6. The molecule has 2 aliphatic carbocycles. The van der Waals surface area contributed by atoms with Crippen LogP contribution in [-0.4, -0.2) is 9.97 Å². The number of para-hydroxylation sites is 1. The predicted molar refractivity (Wildman–Crippen MR) is 322 cm³/mol. The zero-order valence-corrected chi connectivity index (χ0v) is 43.2. The highest BCUT2D eigenvalue weighted by Crippen LogP contribution is 2.52. The van der Waals surface area contributed by atoms with Crippen LogP contribution in [0.15, 0.2) is 235 Å². The van der Waals surface area contributed by atoms with Gasteiger partial charge < -0.3 is 4.42 Å². The normalized spacial score (nSPS) is 13.9. The van der Waals surface area contributed by atoms with Crippen molar-refractivity contribution in [1.82, 2.24) is 9.97 Å². The van der Waals surface area contributed by atoms with E-state index in [1.165, 1.54) is 66.4 Å². The molecule has 0 aliphatic heterocycles. The van der Waals surface area contributed by atoms with Crippen LogP contribution >= 0.6 is 0 Å². The average Bonchev–Trinajstić information content (AvgIpc) is 4.05. The molecule has 3 nitrogen and oxygen atoms in total. The maximum absolute atomic E-state index is 6.68. The first-order chi connectivity index (χ1) is 37.6. The molecule has 0 fully saturated rings. The second kappa shape index (κ2) is 16.0. The molecule has 0 bridgehead atoms. The van der Waals surface area contributed by atoms with Crippen LogP contribution in [0.1, 0.15) is 49.9 Å². The van der Waals surface area contributed by atoms with Crippen LogP contribution in [0.4, 0.5) is 0 Å². The zero-order chi connectivity index (χ0) is 51.3. The van der Waals surface area contributed by atoms with Gasteiger partial charge in [0.25, 0.3) is 0 Å². The summed E-state index contributed by atoms with van der Waals surface area (Å²) in [5.74, 6) is 0. The van der Waals surface area contributed by atoms with E-state index in [4.69, 9.17) is 14.4 Å². The van der Waals surface area contributed by atoms with Gasteiger partial charge in [0.05, 0.1) is 22.9 Å². The van der Waals surface area contributed by atoms with E-state index in [9.17, 15) is 0 Å². The summed E-state index contributed by atoms with van der Waals surface area (Å²) >= 11 is 0. The number of hydrogen-bond donors (Lipinski definition) is 0. The molecule has 14 aromatic rings. The lowest BCUT2D eigenvalue weighted by molar-refractivity contribution is 0.660. The molecule has 12 aromatic carbocycles. The van der Waals surface area contributed by atoms with Crippen LogP contribution in [-0.2, 0) is 10.8 Å². The molecule has 0 N–H and O–H groups in total. The Labute approximate surface area is 446 Å². The fourth-order valence-electron chi connectivity index (χ4n) is 13.4. The minimum Gasteiger partial charge on any atom is -0.455 e. The smallest absolute Gasteiger partial charge is 0.143 e. The van der Waals surface area contributed by atoms with Crippen molar-refractivity contribution < 1.29 is 4.42 Å². The average molecular weight is 983 g/mol. The zero-order valence-electron chi connectivity index (χ0n) is 43.2. The number of nitrogens with zero attached hydrogens (tertiary/aromatic N) is 2. The van der Waals surface area contributed by atoms with E-state index < -0.39 is 0 Å². The minimum atomic E-state index is -0.104. The van der Waals surface area contributed by atoms with Gasteiger partial charge in [-0.05, 0) is 154 Å². The summed E-state index contributed by atoms with van der Waals surface area (Å²) in [6.07, 6.45) is 1.97. The molecular formula is C74H50N2O. The van der Waals surface area contributed by atoms with Crippen molar-refractivity contribution in [3.63, 3.8) is 0 Å². The minimum absolute atomic E-state index is 0.0970. The number of furan rings is 1. The van der Waals surface area contributed by atoms with Crippen molar-refractivity contribution in [2.75, 3.05) is 0 Å². The molecule has 0 saturated carbocycles. The Kier molecular flexibility index (Phi) is 9.15. The first-order valence-electron chi connectivity index (χ1n) is 26.9. The van der Waals surface area contributed by atoms with E-state index in [-0.39, 0.29) is 10.8 Å². The highest BCUT2D eigenvalue weighted by molar-refractivity contribution is 6.24. The Morgan fingerprint density at radius 3 is 1.44 bits per heavy atom. The number of fused-ring (bicyclic) bond motifs is 16. The Balaban J connectivity index is 0.834. The van der Waals surface area contributed by atoms with Crippen molar-refractivity contribution in [3.05, 3.63) is 253 Å². The summed E-state index contributed by atoms with van der Waals surface area (Å²) in [7, 11) is 0. The second-order valence-corrected chi connectivity index (χ2v) is 22.5. The van der Waals surface area contributed by atoms with E-state index >= 15 is 0 Å². The Morgan fingerprint density at radius 2 is 0.792 bits per heavy atom. The lowest BCUT2D eigenvalue weighted by Gasteiger charge is -2.22. The quantitative estimate of drug-likeness (QED) is 0.161. The maximum Gasteiger partial charge on any atom is 0.143 e. The van der Waals surface area contributed by atoms with Crippen molar-refractivity contribution in [1.29, 1.82) is 0 Å². The van der Waals surface area contributed by atoms with Crippen LogP contribution < -0.4 is 0 Å². The second-order valence-electron chi connectivity index (χ2n) is 22.5. The first kappa shape index (κ1) is 43.9. The van der Waals surface area contributed by atoms with E-state index in [1.807, 2.05) is 6.20 Å². The highest BCUT2D eigenvalue weighted by Gasteiger charge is 2.36. The molecule has 2 aliphatic rings. The molecule has 0 saturated heterocycles. The van der Waals surface area contributed by atoms with Crippen molar-refractivity contribution in [3.8, 4) is 78.0 Å². The highest BCUT2D eigenvalue weighted by atomic mass is 16.3. The molecule has 0 amide bonds. The van der Waals surface area contributed by atoms with Gasteiger partial charge in [0.2, 0.25) is 0 Å². The van der Waals surface area contributed by atoms with E-state index in [1.54, 1.807) is 0 Å².